The van der Waals surface area contributed by atoms with E-state index in [-0.39, 0.29) is 0 Å². The summed E-state index contributed by atoms with van der Waals surface area (Å²) in [6, 6.07) is 0. The standard InChI is InChI=1S/C2H11N2OP/c1-6(2,3)4-5/h4-6H,3H2,1-2H3. The molecule has 6 heavy (non-hydrogen) atoms. The SMILES string of the molecule is C[PH](C)(N)NO. The van der Waals surface area contributed by atoms with E-state index < -0.39 is 7.56 Å². The summed E-state index contributed by atoms with van der Waals surface area (Å²) in [4.78, 5) is 0. The fourth-order valence-corrected chi connectivity index (χ4v) is 0. The van der Waals surface area contributed by atoms with Crippen molar-refractivity contribution in [1.82, 2.24) is 5.25 Å². The van der Waals surface area contributed by atoms with Gasteiger partial charge in [-0.1, -0.05) is 0 Å². The molecule has 0 saturated heterocycles. The Bertz CT molecular complexity index is 41.3. The Morgan fingerprint density at radius 1 is 1.67 bits per heavy atom. The van der Waals surface area contributed by atoms with E-state index in [4.69, 9.17) is 10.7 Å². The molecule has 0 aromatic heterocycles. The first kappa shape index (κ1) is 6.31. The maximum absolute atomic E-state index is 8.09. The van der Waals surface area contributed by atoms with E-state index in [2.05, 4.69) is 0 Å². The molecular weight excluding hydrogens is 99.0 g/mol. The first-order valence-electron chi connectivity index (χ1n) is 1.76. The van der Waals surface area contributed by atoms with Gasteiger partial charge in [0.15, 0.2) is 0 Å². The van der Waals surface area contributed by atoms with Gasteiger partial charge in [0.05, 0.1) is 0 Å². The molecule has 0 spiro atoms. The fourth-order valence-electron chi connectivity index (χ4n) is 0. The molecule has 0 bridgehead atoms. The molecule has 0 rings (SSSR count). The van der Waals surface area contributed by atoms with Crippen molar-refractivity contribution in [3.63, 3.8) is 0 Å². The van der Waals surface area contributed by atoms with Crippen molar-refractivity contribution >= 4 is 7.56 Å². The molecular formula is C2H11N2OP. The Morgan fingerprint density at radius 2 is 1.83 bits per heavy atom. The molecule has 4 heteroatoms. The van der Waals surface area contributed by atoms with Gasteiger partial charge in [-0.2, -0.15) is 0 Å². The quantitative estimate of drug-likeness (QED) is 0.322. The number of nitrogens with one attached hydrogen (secondary N) is 1. The molecule has 40 valence electrons. The van der Waals surface area contributed by atoms with E-state index in [1.165, 1.54) is 0 Å². The van der Waals surface area contributed by atoms with E-state index in [1.54, 1.807) is 13.3 Å². The minimum absolute atomic E-state index is 1.80. The molecule has 0 fully saturated rings. The topological polar surface area (TPSA) is 58.3 Å². The van der Waals surface area contributed by atoms with Gasteiger partial charge in [0.1, 0.15) is 0 Å². The van der Waals surface area contributed by atoms with Gasteiger partial charge in [0.2, 0.25) is 0 Å². The van der Waals surface area contributed by atoms with Crippen LogP contribution in [-0.4, -0.2) is 18.5 Å². The zero-order chi connectivity index (χ0) is 5.21. The summed E-state index contributed by atoms with van der Waals surface area (Å²) in [5.41, 5.74) is 5.31. The van der Waals surface area contributed by atoms with Gasteiger partial charge in [-0.25, -0.2) is 0 Å². The Labute approximate surface area is 37.9 Å². The first-order valence-corrected chi connectivity index (χ1v) is 4.84. The van der Waals surface area contributed by atoms with Crippen LogP contribution < -0.4 is 10.8 Å². The van der Waals surface area contributed by atoms with Gasteiger partial charge < -0.3 is 0 Å². The van der Waals surface area contributed by atoms with Gasteiger partial charge in [0.25, 0.3) is 0 Å². The summed E-state index contributed by atoms with van der Waals surface area (Å²) in [5, 5.41) is 10.1. The Balaban J connectivity index is 3.17. The number of nitrogens with two attached hydrogens (primary N) is 1. The Kier molecular flexibility index (Phi) is 1.94. The molecule has 3 nitrogen and oxygen atoms in total. The zero-order valence-electron chi connectivity index (χ0n) is 4.02. The second kappa shape index (κ2) is 1.85. The summed E-state index contributed by atoms with van der Waals surface area (Å²) in [5.74, 6) is 0. The third-order valence-electron chi connectivity index (χ3n) is 0.288. The maximum atomic E-state index is 8.09. The average molecular weight is 110 g/mol. The van der Waals surface area contributed by atoms with Crippen molar-refractivity contribution in [2.45, 2.75) is 0 Å². The van der Waals surface area contributed by atoms with Crippen molar-refractivity contribution < 1.29 is 5.21 Å². The summed E-state index contributed by atoms with van der Waals surface area (Å²) < 4.78 is 0. The first-order chi connectivity index (χ1) is 2.56. The molecule has 0 amide bonds. The molecule has 0 radical (unpaired) electrons. The molecule has 0 aliphatic heterocycles. The van der Waals surface area contributed by atoms with Crippen LogP contribution in [0.5, 0.6) is 0 Å². The summed E-state index contributed by atoms with van der Waals surface area (Å²) in [6.45, 7) is 3.60. The van der Waals surface area contributed by atoms with Crippen LogP contribution >= 0.6 is 7.56 Å². The van der Waals surface area contributed by atoms with Gasteiger partial charge in [-0.3, -0.25) is 0 Å². The summed E-state index contributed by atoms with van der Waals surface area (Å²) in [7, 11) is -1.83. The molecule has 0 aromatic rings. The van der Waals surface area contributed by atoms with E-state index in [1.807, 2.05) is 5.25 Å². The van der Waals surface area contributed by atoms with Crippen molar-refractivity contribution in [2.24, 2.45) is 5.50 Å². The summed E-state index contributed by atoms with van der Waals surface area (Å²) in [6.07, 6.45) is 0. The number of hydrogen-bond donors (Lipinski definition) is 3. The van der Waals surface area contributed by atoms with Crippen LogP contribution in [0.3, 0.4) is 0 Å². The second-order valence-corrected chi connectivity index (χ2v) is 5.50. The van der Waals surface area contributed by atoms with Crippen LogP contribution in [0.4, 0.5) is 0 Å². The second-order valence-electron chi connectivity index (χ2n) is 1.83. The van der Waals surface area contributed by atoms with Crippen molar-refractivity contribution in [3.05, 3.63) is 0 Å². The van der Waals surface area contributed by atoms with Crippen molar-refractivity contribution in [1.29, 1.82) is 0 Å². The molecule has 0 atom stereocenters. The average Bonchev–Trinajstić information content (AvgIpc) is 1.35. The summed E-state index contributed by atoms with van der Waals surface area (Å²) >= 11 is 0. The van der Waals surface area contributed by atoms with Crippen LogP contribution in [0.2, 0.25) is 0 Å². The normalized spacial score (nSPS) is 14.7. The minimum atomic E-state index is -1.83. The van der Waals surface area contributed by atoms with Crippen LogP contribution in [0.1, 0.15) is 0 Å². The van der Waals surface area contributed by atoms with E-state index in [9.17, 15) is 0 Å². The third kappa shape index (κ3) is 4.31. The van der Waals surface area contributed by atoms with Crippen LogP contribution in [0.15, 0.2) is 0 Å². The molecule has 0 saturated carbocycles. The molecule has 4 N–H and O–H groups in total. The monoisotopic (exact) mass is 110 g/mol. The Hall–Kier alpha value is 0.310. The predicted octanol–water partition coefficient (Wildman–Crippen LogP) is -0.237. The third-order valence-corrected chi connectivity index (χ3v) is 0.864. The Morgan fingerprint density at radius 3 is 1.83 bits per heavy atom. The van der Waals surface area contributed by atoms with E-state index in [0.29, 0.717) is 0 Å². The van der Waals surface area contributed by atoms with E-state index in [0.717, 1.165) is 0 Å². The number of rotatable bonds is 1. The molecule has 0 aromatic carbocycles. The molecule has 0 unspecified atom stereocenters. The van der Waals surface area contributed by atoms with Gasteiger partial charge >= 0.3 is 36.9 Å². The van der Waals surface area contributed by atoms with Crippen LogP contribution in [0, 0.1) is 0 Å². The predicted molar refractivity (Wildman–Crippen MR) is 29.3 cm³/mol. The van der Waals surface area contributed by atoms with E-state index >= 15 is 0 Å². The van der Waals surface area contributed by atoms with Crippen LogP contribution in [-0.2, 0) is 0 Å². The fraction of sp³-hybridized carbons (Fsp3) is 1.00. The zero-order valence-corrected chi connectivity index (χ0v) is 5.02. The van der Waals surface area contributed by atoms with Gasteiger partial charge in [0, 0.05) is 0 Å². The molecule has 0 aliphatic carbocycles. The van der Waals surface area contributed by atoms with Crippen molar-refractivity contribution in [3.8, 4) is 0 Å². The van der Waals surface area contributed by atoms with Crippen LogP contribution in [0.25, 0.3) is 0 Å². The van der Waals surface area contributed by atoms with Gasteiger partial charge in [-0.15, -0.1) is 0 Å². The molecule has 0 aliphatic rings. The van der Waals surface area contributed by atoms with Gasteiger partial charge in [-0.05, 0) is 0 Å². The molecule has 0 heterocycles. The van der Waals surface area contributed by atoms with Crippen molar-refractivity contribution in [2.75, 3.05) is 13.3 Å². The number of hydrogen-bond acceptors (Lipinski definition) is 3.